The Balaban J connectivity index is 2.25. The van der Waals surface area contributed by atoms with Crippen molar-refractivity contribution in [2.24, 2.45) is 5.92 Å². The Kier molecular flexibility index (Phi) is 3.51. The molecule has 1 aliphatic rings. The van der Waals surface area contributed by atoms with Gasteiger partial charge in [0, 0.05) is 0 Å². The van der Waals surface area contributed by atoms with E-state index in [4.69, 9.17) is 5.11 Å². The molecule has 92 valence electrons. The van der Waals surface area contributed by atoms with Crippen LogP contribution in [0, 0.1) is 12.8 Å². The van der Waals surface area contributed by atoms with Gasteiger partial charge in [0.15, 0.2) is 0 Å². The molecule has 1 aromatic carbocycles. The minimum absolute atomic E-state index is 0.221. The van der Waals surface area contributed by atoms with Crippen molar-refractivity contribution >= 4 is 5.97 Å². The number of rotatable bonds is 5. The van der Waals surface area contributed by atoms with Crippen LogP contribution in [0.25, 0.3) is 0 Å². The van der Waals surface area contributed by atoms with E-state index >= 15 is 0 Å². The van der Waals surface area contributed by atoms with Crippen LogP contribution in [0.1, 0.15) is 48.8 Å². The van der Waals surface area contributed by atoms with Crippen molar-refractivity contribution in [2.45, 2.75) is 45.4 Å². The van der Waals surface area contributed by atoms with E-state index in [-0.39, 0.29) is 12.3 Å². The lowest BCUT2D eigenvalue weighted by molar-refractivity contribution is -0.137. The van der Waals surface area contributed by atoms with Crippen LogP contribution in [0.3, 0.4) is 0 Å². The molecule has 1 aromatic rings. The van der Waals surface area contributed by atoms with Crippen molar-refractivity contribution < 1.29 is 9.90 Å². The first-order valence-corrected chi connectivity index (χ1v) is 6.43. The summed E-state index contributed by atoms with van der Waals surface area (Å²) in [7, 11) is 0. The van der Waals surface area contributed by atoms with Gasteiger partial charge in [0.1, 0.15) is 0 Å². The maximum Gasteiger partial charge on any atom is 0.303 e. The summed E-state index contributed by atoms with van der Waals surface area (Å²) < 4.78 is 0. The van der Waals surface area contributed by atoms with Crippen molar-refractivity contribution in [1.29, 1.82) is 0 Å². The number of carboxylic acid groups (broad SMARTS) is 1. The van der Waals surface area contributed by atoms with E-state index < -0.39 is 5.97 Å². The lowest BCUT2D eigenvalue weighted by Gasteiger charge is -2.16. The summed E-state index contributed by atoms with van der Waals surface area (Å²) in [6, 6.07) is 6.45. The van der Waals surface area contributed by atoms with Gasteiger partial charge in [-0.15, -0.1) is 0 Å². The molecule has 0 spiro atoms. The third kappa shape index (κ3) is 2.87. The van der Waals surface area contributed by atoms with Crippen LogP contribution < -0.4 is 0 Å². The molecule has 1 fully saturated rings. The number of carboxylic acids is 1. The third-order valence-electron chi connectivity index (χ3n) is 3.77. The molecule has 0 bridgehead atoms. The Morgan fingerprint density at radius 2 is 2.18 bits per heavy atom. The van der Waals surface area contributed by atoms with E-state index in [0.29, 0.717) is 5.92 Å². The predicted octanol–water partition coefficient (Wildman–Crippen LogP) is 3.53. The van der Waals surface area contributed by atoms with E-state index in [1.807, 2.05) is 0 Å². The summed E-state index contributed by atoms with van der Waals surface area (Å²) in [5, 5.41) is 9.00. The van der Waals surface area contributed by atoms with Crippen molar-refractivity contribution in [3.05, 3.63) is 34.9 Å². The number of carbonyl (C=O) groups is 1. The highest BCUT2D eigenvalue weighted by Crippen LogP contribution is 2.44. The Morgan fingerprint density at radius 1 is 1.47 bits per heavy atom. The zero-order valence-electron chi connectivity index (χ0n) is 10.6. The summed E-state index contributed by atoms with van der Waals surface area (Å²) >= 11 is 0. The fraction of sp³-hybridized carbons (Fsp3) is 0.533. The maximum absolute atomic E-state index is 10.9. The Bertz CT molecular complexity index is 419. The van der Waals surface area contributed by atoms with Gasteiger partial charge in [0.2, 0.25) is 0 Å². The van der Waals surface area contributed by atoms with Gasteiger partial charge in [-0.1, -0.05) is 25.1 Å². The van der Waals surface area contributed by atoms with Crippen LogP contribution in [-0.4, -0.2) is 11.1 Å². The van der Waals surface area contributed by atoms with Crippen LogP contribution in [0.4, 0.5) is 0 Å². The summed E-state index contributed by atoms with van der Waals surface area (Å²) in [6.07, 6.45) is 3.67. The second kappa shape index (κ2) is 4.91. The minimum Gasteiger partial charge on any atom is -0.481 e. The number of aliphatic carboxylic acids is 1. The zero-order chi connectivity index (χ0) is 12.4. The van der Waals surface area contributed by atoms with Gasteiger partial charge in [-0.3, -0.25) is 4.79 Å². The lowest BCUT2D eigenvalue weighted by Crippen LogP contribution is -2.09. The van der Waals surface area contributed by atoms with Gasteiger partial charge in [-0.05, 0) is 54.7 Å². The summed E-state index contributed by atoms with van der Waals surface area (Å²) in [5.74, 6) is 0.137. The Morgan fingerprint density at radius 3 is 2.71 bits per heavy atom. The summed E-state index contributed by atoms with van der Waals surface area (Å²) in [6.45, 7) is 4.27. The van der Waals surface area contributed by atoms with Gasteiger partial charge in [0.05, 0.1) is 6.42 Å². The van der Waals surface area contributed by atoms with E-state index in [1.54, 1.807) is 0 Å². The highest BCUT2D eigenvalue weighted by atomic mass is 16.4. The molecule has 0 radical (unpaired) electrons. The van der Waals surface area contributed by atoms with E-state index in [1.165, 1.54) is 29.5 Å². The number of aryl methyl sites for hydroxylation is 2. The van der Waals surface area contributed by atoms with E-state index in [9.17, 15) is 4.79 Å². The van der Waals surface area contributed by atoms with Gasteiger partial charge < -0.3 is 5.11 Å². The topological polar surface area (TPSA) is 37.3 Å². The molecule has 0 aromatic heterocycles. The van der Waals surface area contributed by atoms with Crippen molar-refractivity contribution in [3.63, 3.8) is 0 Å². The van der Waals surface area contributed by atoms with Crippen LogP contribution in [0.15, 0.2) is 18.2 Å². The lowest BCUT2D eigenvalue weighted by atomic mass is 9.88. The molecule has 1 aliphatic carbocycles. The Hall–Kier alpha value is -1.31. The molecule has 2 rings (SSSR count). The maximum atomic E-state index is 10.9. The van der Waals surface area contributed by atoms with Gasteiger partial charge in [-0.2, -0.15) is 0 Å². The van der Waals surface area contributed by atoms with Gasteiger partial charge >= 0.3 is 5.97 Å². The number of benzene rings is 1. The molecular formula is C15H20O2. The first-order chi connectivity index (χ1) is 8.11. The fourth-order valence-electron chi connectivity index (χ4n) is 2.55. The molecule has 0 saturated heterocycles. The minimum atomic E-state index is -0.680. The average Bonchev–Trinajstić information content (AvgIpc) is 3.10. The quantitative estimate of drug-likeness (QED) is 0.843. The number of hydrogen-bond donors (Lipinski definition) is 1. The normalized spacial score (nSPS) is 16.8. The molecule has 2 nitrogen and oxygen atoms in total. The largest absolute Gasteiger partial charge is 0.481 e. The molecule has 0 heterocycles. The first-order valence-electron chi connectivity index (χ1n) is 6.43. The highest BCUT2D eigenvalue weighted by molar-refractivity contribution is 5.68. The SMILES string of the molecule is CCc1cc(C(CC(=O)O)C2CC2)ccc1C. The second-order valence-corrected chi connectivity index (χ2v) is 5.08. The van der Waals surface area contributed by atoms with Crippen LogP contribution >= 0.6 is 0 Å². The fourth-order valence-corrected chi connectivity index (χ4v) is 2.55. The molecule has 17 heavy (non-hydrogen) atoms. The van der Waals surface area contributed by atoms with Crippen LogP contribution in [-0.2, 0) is 11.2 Å². The molecule has 1 N–H and O–H groups in total. The van der Waals surface area contributed by atoms with Crippen LogP contribution in [0.5, 0.6) is 0 Å². The smallest absolute Gasteiger partial charge is 0.303 e. The molecule has 1 saturated carbocycles. The molecule has 0 aliphatic heterocycles. The summed E-state index contributed by atoms with van der Waals surface area (Å²) in [5.41, 5.74) is 3.87. The standard InChI is InChI=1S/C15H20O2/c1-3-11-8-13(5-4-10(11)2)14(9-15(16)17)12-6-7-12/h4-5,8,12,14H,3,6-7,9H2,1-2H3,(H,16,17). The predicted molar refractivity (Wildman–Crippen MR) is 68.3 cm³/mol. The van der Waals surface area contributed by atoms with Crippen LogP contribution in [0.2, 0.25) is 0 Å². The third-order valence-corrected chi connectivity index (χ3v) is 3.77. The summed E-state index contributed by atoms with van der Waals surface area (Å²) in [4.78, 5) is 10.9. The molecule has 1 unspecified atom stereocenters. The first kappa shape index (κ1) is 12.2. The highest BCUT2D eigenvalue weighted by Gasteiger charge is 2.33. The van der Waals surface area contributed by atoms with Crippen molar-refractivity contribution in [3.8, 4) is 0 Å². The number of hydrogen-bond acceptors (Lipinski definition) is 1. The van der Waals surface area contributed by atoms with E-state index in [0.717, 1.165) is 6.42 Å². The molecule has 1 atom stereocenters. The van der Waals surface area contributed by atoms with Gasteiger partial charge in [-0.25, -0.2) is 0 Å². The molecular weight excluding hydrogens is 212 g/mol. The second-order valence-electron chi connectivity index (χ2n) is 5.08. The zero-order valence-corrected chi connectivity index (χ0v) is 10.6. The van der Waals surface area contributed by atoms with Crippen molar-refractivity contribution in [1.82, 2.24) is 0 Å². The Labute approximate surface area is 103 Å². The molecule has 0 amide bonds. The van der Waals surface area contributed by atoms with Gasteiger partial charge in [0.25, 0.3) is 0 Å². The molecule has 2 heteroatoms. The van der Waals surface area contributed by atoms with E-state index in [2.05, 4.69) is 32.0 Å². The van der Waals surface area contributed by atoms with Crippen molar-refractivity contribution in [2.75, 3.05) is 0 Å². The monoisotopic (exact) mass is 232 g/mol. The average molecular weight is 232 g/mol.